The van der Waals surface area contributed by atoms with Gasteiger partial charge in [-0.1, -0.05) is 60.7 Å². The lowest BCUT2D eigenvalue weighted by atomic mass is 10.0. The minimum absolute atomic E-state index is 0. The summed E-state index contributed by atoms with van der Waals surface area (Å²) in [7, 11) is 1.94. The van der Waals surface area contributed by atoms with Crippen LogP contribution in [-0.4, -0.2) is 42.4 Å². The van der Waals surface area contributed by atoms with Gasteiger partial charge in [0, 0.05) is 13.6 Å². The van der Waals surface area contributed by atoms with Gasteiger partial charge >= 0.3 is 0 Å². The molecule has 1 fully saturated rings. The maximum absolute atomic E-state index is 12.8. The Kier molecular flexibility index (Phi) is 7.48. The lowest BCUT2D eigenvalue weighted by Crippen LogP contribution is -3.00. The zero-order chi connectivity index (χ0) is 16.8. The van der Waals surface area contributed by atoms with E-state index in [1.54, 1.807) is 0 Å². The van der Waals surface area contributed by atoms with Crippen LogP contribution in [0.4, 0.5) is 0 Å². The smallest absolute Gasteiger partial charge is 0.227 e. The van der Waals surface area contributed by atoms with Gasteiger partial charge in [-0.05, 0) is 37.1 Å². The summed E-state index contributed by atoms with van der Waals surface area (Å²) in [5.74, 6) is 0.175. The number of benzene rings is 2. The molecule has 3 rings (SSSR count). The van der Waals surface area contributed by atoms with Crippen molar-refractivity contribution in [3.8, 4) is 0 Å². The van der Waals surface area contributed by atoms with Gasteiger partial charge in [0.2, 0.25) is 5.91 Å². The summed E-state index contributed by atoms with van der Waals surface area (Å²) in [5, 5.41) is 0. The standard InChI is InChI=1S/C21H26N2O.ClH/c1-22(21(24)16-18-10-4-2-5-11-18)20(17-23-14-8-9-15-23)19-12-6-3-7-13-19;/h2-7,10-13,20H,8-9,14-17H2,1H3;1H/p-1. The largest absolute Gasteiger partial charge is 1.00 e. The van der Waals surface area contributed by atoms with Crippen molar-refractivity contribution in [2.75, 3.05) is 26.7 Å². The topological polar surface area (TPSA) is 23.6 Å². The molecule has 0 aliphatic carbocycles. The molecule has 0 bridgehead atoms. The van der Waals surface area contributed by atoms with Gasteiger partial charge in [-0.3, -0.25) is 4.79 Å². The first-order valence-corrected chi connectivity index (χ1v) is 8.81. The molecule has 3 nitrogen and oxygen atoms in total. The quantitative estimate of drug-likeness (QED) is 0.753. The molecule has 1 unspecified atom stereocenters. The maximum atomic E-state index is 12.8. The predicted molar refractivity (Wildman–Crippen MR) is 97.8 cm³/mol. The lowest BCUT2D eigenvalue weighted by Gasteiger charge is -2.32. The van der Waals surface area contributed by atoms with Gasteiger partial charge in [-0.25, -0.2) is 0 Å². The van der Waals surface area contributed by atoms with Crippen molar-refractivity contribution in [1.82, 2.24) is 9.80 Å². The molecule has 0 spiro atoms. The molecule has 1 aliphatic rings. The Bertz CT molecular complexity index is 641. The van der Waals surface area contributed by atoms with E-state index in [1.807, 2.05) is 48.3 Å². The number of likely N-dealkylation sites (N-methyl/N-ethyl adjacent to an activating group) is 1. The summed E-state index contributed by atoms with van der Waals surface area (Å²) < 4.78 is 0. The monoisotopic (exact) mass is 357 g/mol. The van der Waals surface area contributed by atoms with Gasteiger partial charge in [0.05, 0.1) is 12.5 Å². The molecule has 2 aromatic carbocycles. The van der Waals surface area contributed by atoms with E-state index in [-0.39, 0.29) is 24.4 Å². The summed E-state index contributed by atoms with van der Waals surface area (Å²) in [6.07, 6.45) is 2.99. The Morgan fingerprint density at radius 2 is 1.56 bits per heavy atom. The van der Waals surface area contributed by atoms with E-state index in [4.69, 9.17) is 0 Å². The Labute approximate surface area is 157 Å². The molecule has 1 aliphatic heterocycles. The lowest BCUT2D eigenvalue weighted by molar-refractivity contribution is -0.131. The molecular formula is C21H26ClN2O-. The highest BCUT2D eigenvalue weighted by Gasteiger charge is 2.25. The first kappa shape index (κ1) is 19.5. The van der Waals surface area contributed by atoms with Crippen LogP contribution >= 0.6 is 0 Å². The van der Waals surface area contributed by atoms with E-state index in [0.717, 1.165) is 25.2 Å². The van der Waals surface area contributed by atoms with Gasteiger partial charge in [0.25, 0.3) is 0 Å². The number of hydrogen-bond acceptors (Lipinski definition) is 2. The maximum Gasteiger partial charge on any atom is 0.227 e. The van der Waals surface area contributed by atoms with Crippen LogP contribution in [0.15, 0.2) is 60.7 Å². The summed E-state index contributed by atoms with van der Waals surface area (Å²) >= 11 is 0. The van der Waals surface area contributed by atoms with Gasteiger partial charge in [-0.15, -0.1) is 0 Å². The fourth-order valence-electron chi connectivity index (χ4n) is 3.41. The molecule has 134 valence electrons. The Hall–Kier alpha value is -1.84. The molecule has 0 N–H and O–H groups in total. The molecule has 1 amide bonds. The third-order valence-corrected chi connectivity index (χ3v) is 4.87. The van der Waals surface area contributed by atoms with E-state index in [2.05, 4.69) is 29.2 Å². The minimum atomic E-state index is 0. The van der Waals surface area contributed by atoms with Crippen molar-refractivity contribution in [2.24, 2.45) is 0 Å². The molecule has 0 aromatic heterocycles. The molecule has 0 radical (unpaired) electrons. The van der Waals surface area contributed by atoms with Gasteiger partial charge in [0.1, 0.15) is 0 Å². The van der Waals surface area contributed by atoms with Crippen LogP contribution in [0.2, 0.25) is 0 Å². The van der Waals surface area contributed by atoms with Crippen molar-refractivity contribution in [1.29, 1.82) is 0 Å². The number of hydrogen-bond donors (Lipinski definition) is 0. The van der Waals surface area contributed by atoms with Crippen molar-refractivity contribution in [3.63, 3.8) is 0 Å². The van der Waals surface area contributed by atoms with E-state index in [9.17, 15) is 4.79 Å². The van der Waals surface area contributed by atoms with Crippen LogP contribution in [0, 0.1) is 0 Å². The SMILES string of the molecule is CN(C(=O)Cc1ccccc1)C(CN1CCCC1)c1ccccc1.[Cl-]. The molecule has 2 aromatic rings. The summed E-state index contributed by atoms with van der Waals surface area (Å²) in [6, 6.07) is 20.5. The van der Waals surface area contributed by atoms with Crippen LogP contribution in [0.1, 0.15) is 30.0 Å². The average molecular weight is 358 g/mol. The number of carbonyl (C=O) groups excluding carboxylic acids is 1. The second kappa shape index (κ2) is 9.59. The molecule has 25 heavy (non-hydrogen) atoms. The van der Waals surface area contributed by atoms with Gasteiger partial charge < -0.3 is 22.2 Å². The van der Waals surface area contributed by atoms with E-state index >= 15 is 0 Å². The number of nitrogens with zero attached hydrogens (tertiary/aromatic N) is 2. The predicted octanol–water partition coefficient (Wildman–Crippen LogP) is 0.529. The second-order valence-corrected chi connectivity index (χ2v) is 6.60. The third-order valence-electron chi connectivity index (χ3n) is 4.87. The summed E-state index contributed by atoms with van der Waals surface area (Å²) in [6.45, 7) is 3.20. The van der Waals surface area contributed by atoms with Crippen molar-refractivity contribution in [3.05, 3.63) is 71.8 Å². The Balaban J connectivity index is 0.00000225. The van der Waals surface area contributed by atoms with Crippen molar-refractivity contribution >= 4 is 5.91 Å². The molecule has 4 heteroatoms. The van der Waals surface area contributed by atoms with Crippen LogP contribution in [0.5, 0.6) is 0 Å². The van der Waals surface area contributed by atoms with Crippen molar-refractivity contribution in [2.45, 2.75) is 25.3 Å². The molecule has 1 saturated heterocycles. The zero-order valence-electron chi connectivity index (χ0n) is 14.8. The summed E-state index contributed by atoms with van der Waals surface area (Å²) in [5.41, 5.74) is 2.29. The number of carbonyl (C=O) groups is 1. The van der Waals surface area contributed by atoms with Crippen molar-refractivity contribution < 1.29 is 17.2 Å². The molecular weight excluding hydrogens is 332 g/mol. The Morgan fingerprint density at radius 3 is 2.16 bits per heavy atom. The highest BCUT2D eigenvalue weighted by atomic mass is 35.5. The minimum Gasteiger partial charge on any atom is -1.00 e. The normalized spacial score (nSPS) is 15.4. The number of amides is 1. The third kappa shape index (κ3) is 5.32. The van der Waals surface area contributed by atoms with Gasteiger partial charge in [-0.2, -0.15) is 0 Å². The highest BCUT2D eigenvalue weighted by molar-refractivity contribution is 5.79. The second-order valence-electron chi connectivity index (χ2n) is 6.60. The van der Waals surface area contributed by atoms with Crippen LogP contribution in [0.3, 0.4) is 0 Å². The van der Waals surface area contributed by atoms with Crippen LogP contribution in [0.25, 0.3) is 0 Å². The molecule has 1 atom stereocenters. The fraction of sp³-hybridized carbons (Fsp3) is 0.381. The van der Waals surface area contributed by atoms with E-state index < -0.39 is 0 Å². The number of likely N-dealkylation sites (tertiary alicyclic amines) is 1. The van der Waals surface area contributed by atoms with Crippen LogP contribution in [-0.2, 0) is 11.2 Å². The first-order valence-electron chi connectivity index (χ1n) is 8.81. The molecule has 1 heterocycles. The number of halogens is 1. The van der Waals surface area contributed by atoms with E-state index in [0.29, 0.717) is 6.42 Å². The van der Waals surface area contributed by atoms with E-state index in [1.165, 1.54) is 18.4 Å². The number of rotatable bonds is 6. The zero-order valence-corrected chi connectivity index (χ0v) is 15.5. The van der Waals surface area contributed by atoms with Crippen LogP contribution < -0.4 is 12.4 Å². The van der Waals surface area contributed by atoms with Gasteiger partial charge in [0.15, 0.2) is 0 Å². The average Bonchev–Trinajstić information content (AvgIpc) is 3.14. The molecule has 0 saturated carbocycles. The first-order chi connectivity index (χ1) is 11.7. The summed E-state index contributed by atoms with van der Waals surface area (Å²) in [4.78, 5) is 17.2. The fourth-order valence-corrected chi connectivity index (χ4v) is 3.41. The highest BCUT2D eigenvalue weighted by Crippen LogP contribution is 2.23. The Morgan fingerprint density at radius 1 is 1.00 bits per heavy atom.